The van der Waals surface area contributed by atoms with Gasteiger partial charge in [0.15, 0.2) is 0 Å². The number of nitrogens with one attached hydrogen (secondary N) is 1. The summed E-state index contributed by atoms with van der Waals surface area (Å²) in [7, 11) is -3.57. The van der Waals surface area contributed by atoms with Crippen molar-refractivity contribution in [1.82, 2.24) is 14.7 Å². The van der Waals surface area contributed by atoms with Gasteiger partial charge in [0.05, 0.1) is 24.3 Å². The average Bonchev–Trinajstić information content (AvgIpc) is 2.69. The van der Waals surface area contributed by atoms with Gasteiger partial charge in [-0.3, -0.25) is 9.78 Å². The number of benzene rings is 1. The van der Waals surface area contributed by atoms with Crippen molar-refractivity contribution in [1.29, 1.82) is 0 Å². The van der Waals surface area contributed by atoms with Gasteiger partial charge in [0, 0.05) is 36.6 Å². The summed E-state index contributed by atoms with van der Waals surface area (Å²) in [5, 5.41) is 3.86. The van der Waals surface area contributed by atoms with E-state index in [-0.39, 0.29) is 4.90 Å². The molecule has 0 aliphatic carbocycles. The van der Waals surface area contributed by atoms with E-state index in [0.29, 0.717) is 31.9 Å². The van der Waals surface area contributed by atoms with Crippen LogP contribution in [0.2, 0.25) is 0 Å². The fourth-order valence-corrected chi connectivity index (χ4v) is 3.80. The van der Waals surface area contributed by atoms with E-state index in [2.05, 4.69) is 15.5 Å². The van der Waals surface area contributed by atoms with Crippen molar-refractivity contribution in [2.24, 2.45) is 5.10 Å². The normalized spacial score (nSPS) is 15.8. The molecule has 136 valence electrons. The number of carbonyl (C=O) groups excluding carboxylic acids is 1. The highest BCUT2D eigenvalue weighted by Gasteiger charge is 2.26. The first-order valence-corrected chi connectivity index (χ1v) is 9.43. The van der Waals surface area contributed by atoms with Gasteiger partial charge in [-0.1, -0.05) is 6.07 Å². The van der Waals surface area contributed by atoms with Crippen LogP contribution in [0.15, 0.2) is 58.8 Å². The quantitative estimate of drug-likeness (QED) is 0.618. The number of nitrogens with zero attached hydrogens (tertiary/aromatic N) is 3. The Morgan fingerprint density at radius 3 is 2.58 bits per heavy atom. The van der Waals surface area contributed by atoms with Crippen molar-refractivity contribution >= 4 is 22.1 Å². The molecule has 2 aromatic rings. The van der Waals surface area contributed by atoms with E-state index in [1.165, 1.54) is 34.8 Å². The second kappa shape index (κ2) is 8.17. The van der Waals surface area contributed by atoms with Gasteiger partial charge >= 0.3 is 0 Å². The minimum Gasteiger partial charge on any atom is -0.379 e. The summed E-state index contributed by atoms with van der Waals surface area (Å²) in [6.45, 7) is 1.42. The lowest BCUT2D eigenvalue weighted by Crippen LogP contribution is -2.40. The highest BCUT2D eigenvalue weighted by atomic mass is 32.2. The maximum atomic E-state index is 12.5. The van der Waals surface area contributed by atoms with E-state index >= 15 is 0 Å². The Hall–Kier alpha value is -2.62. The van der Waals surface area contributed by atoms with Crippen LogP contribution in [0.4, 0.5) is 0 Å². The van der Waals surface area contributed by atoms with Gasteiger partial charge < -0.3 is 4.74 Å². The van der Waals surface area contributed by atoms with Gasteiger partial charge in [0.1, 0.15) is 0 Å². The van der Waals surface area contributed by atoms with Crippen LogP contribution < -0.4 is 5.43 Å². The molecule has 1 amide bonds. The average molecular weight is 374 g/mol. The lowest BCUT2D eigenvalue weighted by atomic mass is 10.2. The third-order valence-corrected chi connectivity index (χ3v) is 5.70. The lowest BCUT2D eigenvalue weighted by Gasteiger charge is -2.26. The van der Waals surface area contributed by atoms with Gasteiger partial charge in [-0.25, -0.2) is 13.8 Å². The Balaban J connectivity index is 1.65. The van der Waals surface area contributed by atoms with Crippen molar-refractivity contribution in [2.45, 2.75) is 4.90 Å². The predicted molar refractivity (Wildman–Crippen MR) is 95.3 cm³/mol. The van der Waals surface area contributed by atoms with Crippen molar-refractivity contribution in [3.8, 4) is 0 Å². The summed E-state index contributed by atoms with van der Waals surface area (Å²) in [5.74, 6) is -0.430. The summed E-state index contributed by atoms with van der Waals surface area (Å²) in [5.41, 5.74) is 3.46. The molecule has 1 N–H and O–H groups in total. The molecular weight excluding hydrogens is 356 g/mol. The number of hydrazone groups is 1. The number of pyridine rings is 1. The van der Waals surface area contributed by atoms with Gasteiger partial charge in [-0.15, -0.1) is 0 Å². The summed E-state index contributed by atoms with van der Waals surface area (Å²) in [6.07, 6.45) is 4.73. The molecule has 9 heteroatoms. The Labute approximate surface area is 151 Å². The van der Waals surface area contributed by atoms with Crippen LogP contribution >= 0.6 is 0 Å². The van der Waals surface area contributed by atoms with Crippen molar-refractivity contribution in [2.75, 3.05) is 26.3 Å². The summed E-state index contributed by atoms with van der Waals surface area (Å²) < 4.78 is 31.6. The minimum absolute atomic E-state index is 0.148. The third-order valence-electron chi connectivity index (χ3n) is 3.79. The molecule has 1 fully saturated rings. The monoisotopic (exact) mass is 374 g/mol. The Bertz CT molecular complexity index is 877. The molecule has 0 saturated carbocycles. The smallest absolute Gasteiger partial charge is 0.271 e. The number of aromatic nitrogens is 1. The van der Waals surface area contributed by atoms with Crippen molar-refractivity contribution in [3.63, 3.8) is 0 Å². The first-order valence-electron chi connectivity index (χ1n) is 7.99. The zero-order chi connectivity index (χ0) is 18.4. The number of sulfonamides is 1. The van der Waals surface area contributed by atoms with Crippen LogP contribution in [0.1, 0.15) is 15.9 Å². The Morgan fingerprint density at radius 1 is 1.19 bits per heavy atom. The molecule has 0 atom stereocenters. The molecule has 1 aliphatic rings. The number of amides is 1. The minimum atomic E-state index is -3.57. The SMILES string of the molecule is O=C(N/N=C\c1cccnc1)c1ccc(S(=O)(=O)N2CCOCC2)cc1. The molecule has 0 unspecified atom stereocenters. The standard InChI is InChI=1S/C17H18N4O4S/c22-17(20-19-13-14-2-1-7-18-12-14)15-3-5-16(6-4-15)26(23,24)21-8-10-25-11-9-21/h1-7,12-13H,8-11H2,(H,20,22)/b19-13-. The Kier molecular flexibility index (Phi) is 5.71. The van der Waals surface area contributed by atoms with Crippen LogP contribution in [0, 0.1) is 0 Å². The highest BCUT2D eigenvalue weighted by molar-refractivity contribution is 7.89. The zero-order valence-electron chi connectivity index (χ0n) is 13.9. The van der Waals surface area contributed by atoms with Gasteiger partial charge in [0.25, 0.3) is 5.91 Å². The highest BCUT2D eigenvalue weighted by Crippen LogP contribution is 2.17. The molecule has 1 saturated heterocycles. The summed E-state index contributed by atoms with van der Waals surface area (Å²) in [6, 6.07) is 9.32. The number of morpholine rings is 1. The number of ether oxygens (including phenoxy) is 1. The third kappa shape index (κ3) is 4.31. The summed E-state index contributed by atoms with van der Waals surface area (Å²) >= 11 is 0. The van der Waals surface area contributed by atoms with Crippen LogP contribution in [0.5, 0.6) is 0 Å². The van der Waals surface area contributed by atoms with E-state index in [1.807, 2.05) is 0 Å². The molecule has 8 nitrogen and oxygen atoms in total. The molecule has 1 aromatic heterocycles. The molecule has 2 heterocycles. The number of rotatable bonds is 5. The second-order valence-electron chi connectivity index (χ2n) is 5.53. The van der Waals surface area contributed by atoms with Crippen LogP contribution in [-0.2, 0) is 14.8 Å². The fraction of sp³-hybridized carbons (Fsp3) is 0.235. The molecular formula is C17H18N4O4S. The van der Waals surface area contributed by atoms with Crippen LogP contribution in [0.25, 0.3) is 0 Å². The maximum absolute atomic E-state index is 12.5. The molecule has 0 spiro atoms. The molecule has 26 heavy (non-hydrogen) atoms. The van der Waals surface area contributed by atoms with E-state index < -0.39 is 15.9 Å². The molecule has 0 radical (unpaired) electrons. The number of hydrogen-bond acceptors (Lipinski definition) is 6. The second-order valence-corrected chi connectivity index (χ2v) is 7.46. The first kappa shape index (κ1) is 18.2. The van der Waals surface area contributed by atoms with Crippen LogP contribution in [-0.4, -0.2) is 56.1 Å². The largest absolute Gasteiger partial charge is 0.379 e. The fourth-order valence-electron chi connectivity index (χ4n) is 2.40. The number of hydrogen-bond donors (Lipinski definition) is 1. The van der Waals surface area contributed by atoms with Gasteiger partial charge in [-0.05, 0) is 30.3 Å². The number of carbonyl (C=O) groups is 1. The van der Waals surface area contributed by atoms with Crippen LogP contribution in [0.3, 0.4) is 0 Å². The van der Waals surface area contributed by atoms with E-state index in [0.717, 1.165) is 5.56 Å². The van der Waals surface area contributed by atoms with Crippen molar-refractivity contribution in [3.05, 3.63) is 59.9 Å². The molecule has 1 aromatic carbocycles. The maximum Gasteiger partial charge on any atom is 0.271 e. The van der Waals surface area contributed by atoms with Crippen molar-refractivity contribution < 1.29 is 17.9 Å². The van der Waals surface area contributed by atoms with Gasteiger partial charge in [-0.2, -0.15) is 9.41 Å². The first-order chi connectivity index (χ1) is 12.6. The van der Waals surface area contributed by atoms with E-state index in [4.69, 9.17) is 4.74 Å². The van der Waals surface area contributed by atoms with E-state index in [1.54, 1.807) is 24.5 Å². The Morgan fingerprint density at radius 2 is 1.92 bits per heavy atom. The zero-order valence-corrected chi connectivity index (χ0v) is 14.7. The van der Waals surface area contributed by atoms with E-state index in [9.17, 15) is 13.2 Å². The molecule has 0 bridgehead atoms. The molecule has 1 aliphatic heterocycles. The topological polar surface area (TPSA) is 101 Å². The molecule has 3 rings (SSSR count). The predicted octanol–water partition coefficient (Wildman–Crippen LogP) is 0.866. The summed E-state index contributed by atoms with van der Waals surface area (Å²) in [4.78, 5) is 16.2. The van der Waals surface area contributed by atoms with Gasteiger partial charge in [0.2, 0.25) is 10.0 Å². The lowest BCUT2D eigenvalue weighted by molar-refractivity contribution is 0.0730.